The van der Waals surface area contributed by atoms with Gasteiger partial charge < -0.3 is 15.7 Å². The number of nitrogens with zero attached hydrogens (tertiary/aromatic N) is 2. The average molecular weight is 423 g/mol. The van der Waals surface area contributed by atoms with Gasteiger partial charge >= 0.3 is 0 Å². The Bertz CT molecular complexity index is 937. The van der Waals surface area contributed by atoms with Crippen LogP contribution in [0.2, 0.25) is 0 Å². The molecule has 0 spiro atoms. The molecule has 0 fully saturated rings. The van der Waals surface area contributed by atoms with Crippen molar-refractivity contribution in [1.29, 1.82) is 0 Å². The maximum atomic E-state index is 12.2. The molecule has 0 aliphatic heterocycles. The standard InChI is InChI=1S/C23H26N4O2S/c1-16(26-21-12-10-20(11-13-21)18(3)28)14-22(23(29)24-4)30-15-25-27-17(2)19-8-6-5-7-9-19/h5-13,15,22,26,28H,1,3,14H2,2,4H3,(H,24,29)/b25-15-,27-17+. The van der Waals surface area contributed by atoms with E-state index in [9.17, 15) is 9.90 Å². The first-order valence-electron chi connectivity index (χ1n) is 9.32. The molecule has 3 N–H and O–H groups in total. The van der Waals surface area contributed by atoms with E-state index in [1.54, 1.807) is 24.7 Å². The summed E-state index contributed by atoms with van der Waals surface area (Å²) in [6, 6.07) is 16.9. The summed E-state index contributed by atoms with van der Waals surface area (Å²) in [5, 5.41) is 23.1. The Morgan fingerprint density at radius 2 is 1.80 bits per heavy atom. The smallest absolute Gasteiger partial charge is 0.233 e. The SMILES string of the molecule is C=C(CC(S/C=N\N=C(/C)c1ccccc1)C(=O)NC)Nc1ccc(C(=C)O)cc1. The highest BCUT2D eigenvalue weighted by Crippen LogP contribution is 2.20. The second kappa shape index (κ2) is 11.6. The summed E-state index contributed by atoms with van der Waals surface area (Å²) in [6.45, 7) is 9.40. The van der Waals surface area contributed by atoms with Crippen molar-refractivity contribution in [3.8, 4) is 0 Å². The van der Waals surface area contributed by atoms with E-state index in [-0.39, 0.29) is 11.7 Å². The Balaban J connectivity index is 1.95. The van der Waals surface area contributed by atoms with E-state index in [0.717, 1.165) is 17.0 Å². The van der Waals surface area contributed by atoms with Gasteiger partial charge in [0.25, 0.3) is 0 Å². The lowest BCUT2D eigenvalue weighted by atomic mass is 10.1. The number of benzene rings is 2. The monoisotopic (exact) mass is 422 g/mol. The minimum atomic E-state index is -0.400. The molecule has 156 valence electrons. The third-order valence-electron chi connectivity index (χ3n) is 4.18. The molecule has 0 aromatic heterocycles. The molecule has 7 heteroatoms. The van der Waals surface area contributed by atoms with Gasteiger partial charge in [-0.15, -0.1) is 0 Å². The van der Waals surface area contributed by atoms with Crippen LogP contribution in [0.3, 0.4) is 0 Å². The van der Waals surface area contributed by atoms with Crippen LogP contribution in [0.1, 0.15) is 24.5 Å². The third-order valence-corrected chi connectivity index (χ3v) is 5.11. The first-order chi connectivity index (χ1) is 14.4. The molecule has 2 rings (SSSR count). The van der Waals surface area contributed by atoms with Gasteiger partial charge in [-0.05, 0) is 36.8 Å². The number of rotatable bonds is 10. The lowest BCUT2D eigenvalue weighted by molar-refractivity contribution is -0.120. The van der Waals surface area contributed by atoms with Gasteiger partial charge in [0.1, 0.15) is 5.76 Å². The van der Waals surface area contributed by atoms with Crippen molar-refractivity contribution in [3.63, 3.8) is 0 Å². The zero-order valence-electron chi connectivity index (χ0n) is 17.1. The zero-order valence-corrected chi connectivity index (χ0v) is 17.9. The average Bonchev–Trinajstić information content (AvgIpc) is 2.76. The topological polar surface area (TPSA) is 86.1 Å². The van der Waals surface area contributed by atoms with Crippen molar-refractivity contribution >= 4 is 40.4 Å². The number of nitrogens with one attached hydrogen (secondary N) is 2. The van der Waals surface area contributed by atoms with E-state index in [2.05, 4.69) is 34.0 Å². The second-order valence-electron chi connectivity index (χ2n) is 6.47. The molecule has 0 heterocycles. The Kier molecular flexibility index (Phi) is 8.90. The minimum Gasteiger partial charge on any atom is -0.508 e. The minimum absolute atomic E-state index is 0.0147. The van der Waals surface area contributed by atoms with Gasteiger partial charge in [-0.1, -0.05) is 55.3 Å². The molecule has 0 saturated carbocycles. The van der Waals surface area contributed by atoms with Crippen molar-refractivity contribution in [2.24, 2.45) is 10.2 Å². The molecule has 0 saturated heterocycles. The highest BCUT2D eigenvalue weighted by atomic mass is 32.2. The quantitative estimate of drug-likeness (QED) is 0.221. The number of carbonyl (C=O) groups is 1. The Hall–Kier alpha value is -3.32. The molecule has 2 aromatic rings. The van der Waals surface area contributed by atoms with Gasteiger partial charge in [0, 0.05) is 30.4 Å². The first kappa shape index (κ1) is 23.0. The molecule has 1 amide bonds. The van der Waals surface area contributed by atoms with Crippen molar-refractivity contribution < 1.29 is 9.90 Å². The molecule has 6 nitrogen and oxygen atoms in total. The van der Waals surface area contributed by atoms with Crippen LogP contribution in [-0.2, 0) is 4.79 Å². The largest absolute Gasteiger partial charge is 0.508 e. The van der Waals surface area contributed by atoms with E-state index in [0.29, 0.717) is 17.7 Å². The summed E-state index contributed by atoms with van der Waals surface area (Å²) in [5.41, 5.74) is 5.50. The van der Waals surface area contributed by atoms with E-state index in [1.165, 1.54) is 11.8 Å². The summed E-state index contributed by atoms with van der Waals surface area (Å²) in [7, 11) is 1.60. The molecule has 2 aromatic carbocycles. The van der Waals surface area contributed by atoms with Gasteiger partial charge in [-0.25, -0.2) is 0 Å². The fourth-order valence-corrected chi connectivity index (χ4v) is 3.32. The number of aliphatic hydroxyl groups is 1. The maximum absolute atomic E-state index is 12.2. The van der Waals surface area contributed by atoms with Gasteiger partial charge in [0.2, 0.25) is 5.91 Å². The lowest BCUT2D eigenvalue weighted by Crippen LogP contribution is -2.30. The van der Waals surface area contributed by atoms with Crippen molar-refractivity contribution in [2.45, 2.75) is 18.6 Å². The summed E-state index contributed by atoms with van der Waals surface area (Å²) in [4.78, 5) is 12.2. The van der Waals surface area contributed by atoms with E-state index >= 15 is 0 Å². The Morgan fingerprint density at radius 3 is 2.40 bits per heavy atom. The number of carbonyl (C=O) groups excluding carboxylic acids is 1. The molecule has 0 radical (unpaired) electrons. The van der Waals surface area contributed by atoms with Crippen LogP contribution >= 0.6 is 11.8 Å². The lowest BCUT2D eigenvalue weighted by Gasteiger charge is -2.16. The number of amides is 1. The van der Waals surface area contributed by atoms with Gasteiger partial charge in [0.05, 0.1) is 16.5 Å². The van der Waals surface area contributed by atoms with Gasteiger partial charge in [0.15, 0.2) is 0 Å². The van der Waals surface area contributed by atoms with Crippen LogP contribution in [0, 0.1) is 0 Å². The number of hydrogen-bond acceptors (Lipinski definition) is 6. The second-order valence-corrected chi connectivity index (χ2v) is 7.52. The van der Waals surface area contributed by atoms with E-state index in [1.807, 2.05) is 49.4 Å². The predicted molar refractivity (Wildman–Crippen MR) is 128 cm³/mol. The van der Waals surface area contributed by atoms with Crippen molar-refractivity contribution in [3.05, 3.63) is 84.6 Å². The van der Waals surface area contributed by atoms with Crippen molar-refractivity contribution in [2.75, 3.05) is 12.4 Å². The highest BCUT2D eigenvalue weighted by Gasteiger charge is 2.18. The van der Waals surface area contributed by atoms with Gasteiger partial charge in [-0.2, -0.15) is 10.2 Å². The molecule has 0 aliphatic carbocycles. The Morgan fingerprint density at radius 1 is 1.13 bits per heavy atom. The molecule has 30 heavy (non-hydrogen) atoms. The van der Waals surface area contributed by atoms with Crippen LogP contribution in [0.4, 0.5) is 5.69 Å². The molecular formula is C23H26N4O2S. The molecular weight excluding hydrogens is 396 g/mol. The molecule has 1 unspecified atom stereocenters. The molecule has 0 aliphatic rings. The van der Waals surface area contributed by atoms with E-state index < -0.39 is 5.25 Å². The molecule has 1 atom stereocenters. The van der Waals surface area contributed by atoms with Crippen molar-refractivity contribution in [1.82, 2.24) is 5.32 Å². The zero-order chi connectivity index (χ0) is 21.9. The predicted octanol–water partition coefficient (Wildman–Crippen LogP) is 4.83. The first-order valence-corrected chi connectivity index (χ1v) is 10.3. The number of anilines is 1. The van der Waals surface area contributed by atoms with Crippen LogP contribution in [0.15, 0.2) is 83.7 Å². The summed E-state index contributed by atoms with van der Waals surface area (Å²) in [5.74, 6) is -0.106. The van der Waals surface area contributed by atoms with Crippen LogP contribution in [0.5, 0.6) is 0 Å². The summed E-state index contributed by atoms with van der Waals surface area (Å²) in [6.07, 6.45) is 0.409. The molecule has 0 bridgehead atoms. The van der Waals surface area contributed by atoms with Crippen LogP contribution in [-0.4, -0.2) is 34.6 Å². The van der Waals surface area contributed by atoms with Gasteiger partial charge in [-0.3, -0.25) is 4.79 Å². The van der Waals surface area contributed by atoms with E-state index in [4.69, 9.17) is 0 Å². The van der Waals surface area contributed by atoms with Crippen LogP contribution in [0.25, 0.3) is 5.76 Å². The highest BCUT2D eigenvalue weighted by molar-refractivity contribution is 8.13. The normalized spacial score (nSPS) is 12.4. The fraction of sp³-hybridized carbons (Fsp3) is 0.174. The fourth-order valence-electron chi connectivity index (χ4n) is 2.54. The third kappa shape index (κ3) is 7.25. The number of allylic oxidation sites excluding steroid dienone is 1. The number of thioether (sulfide) groups is 1. The van der Waals surface area contributed by atoms with Crippen LogP contribution < -0.4 is 10.6 Å². The number of hydrogen-bond donors (Lipinski definition) is 3. The summed E-state index contributed by atoms with van der Waals surface area (Å²) < 4.78 is 0. The summed E-state index contributed by atoms with van der Waals surface area (Å²) >= 11 is 1.28. The Labute approximate surface area is 181 Å². The number of aliphatic hydroxyl groups excluding tert-OH is 1. The maximum Gasteiger partial charge on any atom is 0.233 e.